The molecule has 0 amide bonds. The molecular weight excluding hydrogens is 410 g/mol. The van der Waals surface area contributed by atoms with Crippen molar-refractivity contribution in [2.24, 2.45) is 0 Å². The summed E-state index contributed by atoms with van der Waals surface area (Å²) in [4.78, 5) is 28.4. The molecule has 0 fully saturated rings. The van der Waals surface area contributed by atoms with Crippen LogP contribution in [0.4, 0.5) is 5.69 Å². The van der Waals surface area contributed by atoms with Crippen LogP contribution in [0.15, 0.2) is 46.3 Å². The van der Waals surface area contributed by atoms with Gasteiger partial charge in [-0.3, -0.25) is 19.5 Å². The lowest BCUT2D eigenvalue weighted by atomic mass is 10.1. The number of thioether (sulfide) groups is 1. The van der Waals surface area contributed by atoms with Crippen LogP contribution >= 0.6 is 11.8 Å². The second kappa shape index (κ2) is 8.82. The Hall–Kier alpha value is -2.95. The summed E-state index contributed by atoms with van der Waals surface area (Å²) in [5.41, 5.74) is 1.62. The van der Waals surface area contributed by atoms with Crippen LogP contribution in [0, 0.1) is 10.1 Å². The molecular formula is C20H19N3O6S. The molecule has 10 heteroatoms. The van der Waals surface area contributed by atoms with E-state index < -0.39 is 4.92 Å². The van der Waals surface area contributed by atoms with Crippen molar-refractivity contribution in [1.29, 1.82) is 0 Å². The quantitative estimate of drug-likeness (QED) is 0.264. The Morgan fingerprint density at radius 3 is 2.93 bits per heavy atom. The van der Waals surface area contributed by atoms with Crippen molar-refractivity contribution in [3.05, 3.63) is 68.0 Å². The number of nitrogens with zero attached hydrogens (tertiary/aromatic N) is 3. The lowest BCUT2D eigenvalue weighted by molar-refractivity contribution is -0.385. The predicted molar refractivity (Wildman–Crippen MR) is 111 cm³/mol. The first-order chi connectivity index (χ1) is 14.6. The summed E-state index contributed by atoms with van der Waals surface area (Å²) >= 11 is 1.30. The molecule has 4 rings (SSSR count). The maximum atomic E-state index is 12.9. The van der Waals surface area contributed by atoms with Crippen LogP contribution < -0.4 is 10.3 Å². The van der Waals surface area contributed by atoms with Gasteiger partial charge in [0.15, 0.2) is 11.9 Å². The molecule has 3 aromatic rings. The van der Waals surface area contributed by atoms with Crippen molar-refractivity contribution < 1.29 is 19.5 Å². The number of hydrogen-bond donors (Lipinski definition) is 1. The fourth-order valence-corrected chi connectivity index (χ4v) is 4.31. The van der Waals surface area contributed by atoms with E-state index in [9.17, 15) is 20.0 Å². The third kappa shape index (κ3) is 4.02. The number of ether oxygens (including phenoxy) is 2. The summed E-state index contributed by atoms with van der Waals surface area (Å²) in [5.74, 6) is 0.901. The maximum Gasteiger partial charge on any atom is 0.270 e. The molecule has 30 heavy (non-hydrogen) atoms. The molecule has 1 aliphatic rings. The van der Waals surface area contributed by atoms with Gasteiger partial charge in [-0.15, -0.1) is 0 Å². The van der Waals surface area contributed by atoms with E-state index in [1.54, 1.807) is 18.2 Å². The molecule has 0 aliphatic carbocycles. The molecule has 0 spiro atoms. The van der Waals surface area contributed by atoms with Crippen molar-refractivity contribution in [1.82, 2.24) is 9.55 Å². The highest BCUT2D eigenvalue weighted by molar-refractivity contribution is 7.98. The Bertz CT molecular complexity index is 1160. The van der Waals surface area contributed by atoms with Gasteiger partial charge in [0, 0.05) is 42.2 Å². The van der Waals surface area contributed by atoms with Crippen LogP contribution in [0.25, 0.3) is 10.9 Å². The number of aliphatic hydroxyl groups excluding tert-OH is 1. The zero-order chi connectivity index (χ0) is 21.1. The largest absolute Gasteiger partial charge is 0.467 e. The van der Waals surface area contributed by atoms with Gasteiger partial charge in [-0.1, -0.05) is 23.9 Å². The minimum Gasteiger partial charge on any atom is -0.467 e. The van der Waals surface area contributed by atoms with Gasteiger partial charge >= 0.3 is 0 Å². The Balaban J connectivity index is 1.72. The monoisotopic (exact) mass is 429 g/mol. The van der Waals surface area contributed by atoms with E-state index in [4.69, 9.17) is 9.47 Å². The molecule has 0 unspecified atom stereocenters. The standard InChI is InChI=1S/C20H19N3O6S/c24-7-3-6-22-19(25)16-4-1-2-5-17(16)21-20(22)30-11-14-9-15(23(26)27)8-13-10-28-12-29-18(13)14/h1-2,4-5,8-9,24H,3,6-7,10-12H2. The topological polar surface area (TPSA) is 117 Å². The molecule has 0 bridgehead atoms. The van der Waals surface area contributed by atoms with Crippen LogP contribution in [-0.2, 0) is 23.6 Å². The number of hydrogen-bond acceptors (Lipinski definition) is 8. The van der Waals surface area contributed by atoms with Gasteiger partial charge in [0.2, 0.25) is 0 Å². The number of aliphatic hydroxyl groups is 1. The van der Waals surface area contributed by atoms with Crippen LogP contribution in [0.5, 0.6) is 5.75 Å². The molecule has 0 saturated heterocycles. The summed E-state index contributed by atoms with van der Waals surface area (Å²) in [7, 11) is 0. The SMILES string of the molecule is O=c1c2ccccc2nc(SCc2cc([N+](=O)[O-])cc3c2OCOC3)n1CCCO. The number of para-hydroxylation sites is 1. The highest BCUT2D eigenvalue weighted by Crippen LogP contribution is 2.36. The molecule has 1 N–H and O–H groups in total. The van der Waals surface area contributed by atoms with E-state index in [2.05, 4.69) is 4.98 Å². The number of nitro benzene ring substituents is 1. The molecule has 2 heterocycles. The first-order valence-corrected chi connectivity index (χ1v) is 10.3. The fourth-order valence-electron chi connectivity index (χ4n) is 3.32. The fraction of sp³-hybridized carbons (Fsp3) is 0.300. The minimum atomic E-state index is -0.450. The minimum absolute atomic E-state index is 0.0393. The Morgan fingerprint density at radius 2 is 2.13 bits per heavy atom. The summed E-state index contributed by atoms with van der Waals surface area (Å²) in [5, 5.41) is 21.5. The highest BCUT2D eigenvalue weighted by Gasteiger charge is 2.22. The zero-order valence-electron chi connectivity index (χ0n) is 15.9. The third-order valence-electron chi connectivity index (χ3n) is 4.71. The van der Waals surface area contributed by atoms with Crippen molar-refractivity contribution in [3.63, 3.8) is 0 Å². The normalized spacial score (nSPS) is 13.1. The lowest BCUT2D eigenvalue weighted by Crippen LogP contribution is -2.24. The summed E-state index contributed by atoms with van der Waals surface area (Å²) in [6.07, 6.45) is 0.417. The smallest absolute Gasteiger partial charge is 0.270 e. The molecule has 156 valence electrons. The van der Waals surface area contributed by atoms with Gasteiger partial charge in [-0.25, -0.2) is 4.98 Å². The number of aromatic nitrogens is 2. The van der Waals surface area contributed by atoms with Gasteiger partial charge in [-0.2, -0.15) is 0 Å². The van der Waals surface area contributed by atoms with Gasteiger partial charge in [0.1, 0.15) is 5.75 Å². The molecule has 0 radical (unpaired) electrons. The van der Waals surface area contributed by atoms with Crippen LogP contribution in [0.1, 0.15) is 17.5 Å². The molecule has 1 aromatic heterocycles. The number of fused-ring (bicyclic) bond motifs is 2. The highest BCUT2D eigenvalue weighted by atomic mass is 32.2. The third-order valence-corrected chi connectivity index (χ3v) is 5.73. The lowest BCUT2D eigenvalue weighted by Gasteiger charge is -2.20. The summed E-state index contributed by atoms with van der Waals surface area (Å²) in [6.45, 7) is 0.602. The second-order valence-corrected chi connectivity index (χ2v) is 7.64. The van der Waals surface area contributed by atoms with E-state index in [1.165, 1.54) is 28.5 Å². The van der Waals surface area contributed by atoms with Gasteiger partial charge in [0.25, 0.3) is 11.2 Å². The van der Waals surface area contributed by atoms with E-state index >= 15 is 0 Å². The number of non-ortho nitro benzene ring substituents is 1. The van der Waals surface area contributed by atoms with Gasteiger partial charge in [-0.05, 0) is 18.6 Å². The van der Waals surface area contributed by atoms with E-state index in [0.29, 0.717) is 51.7 Å². The Kier molecular flexibility index (Phi) is 5.98. The molecule has 9 nitrogen and oxygen atoms in total. The molecule has 2 aromatic carbocycles. The Morgan fingerprint density at radius 1 is 1.30 bits per heavy atom. The first-order valence-electron chi connectivity index (χ1n) is 9.32. The van der Waals surface area contributed by atoms with Crippen LogP contribution in [0.3, 0.4) is 0 Å². The second-order valence-electron chi connectivity index (χ2n) is 6.70. The summed E-state index contributed by atoms with van der Waals surface area (Å²) in [6, 6.07) is 10.0. The Labute approximate surface area is 175 Å². The number of benzene rings is 2. The first kappa shape index (κ1) is 20.3. The van der Waals surface area contributed by atoms with Crippen LogP contribution in [-0.4, -0.2) is 33.0 Å². The average molecular weight is 429 g/mol. The number of rotatable bonds is 7. The summed E-state index contributed by atoms with van der Waals surface area (Å²) < 4.78 is 12.4. The van der Waals surface area contributed by atoms with Crippen LogP contribution in [0.2, 0.25) is 0 Å². The van der Waals surface area contributed by atoms with E-state index in [-0.39, 0.29) is 31.3 Å². The van der Waals surface area contributed by atoms with Crippen molar-refractivity contribution >= 4 is 28.4 Å². The van der Waals surface area contributed by atoms with Gasteiger partial charge < -0.3 is 14.6 Å². The molecule has 0 atom stereocenters. The van der Waals surface area contributed by atoms with Crippen molar-refractivity contribution in [2.75, 3.05) is 13.4 Å². The molecule has 1 aliphatic heterocycles. The average Bonchev–Trinajstić information content (AvgIpc) is 2.76. The van der Waals surface area contributed by atoms with Crippen molar-refractivity contribution in [3.8, 4) is 5.75 Å². The zero-order valence-corrected chi connectivity index (χ0v) is 16.8. The van der Waals surface area contributed by atoms with Gasteiger partial charge in [0.05, 0.1) is 22.4 Å². The van der Waals surface area contributed by atoms with E-state index in [1.807, 2.05) is 6.07 Å². The molecule has 0 saturated carbocycles. The predicted octanol–water partition coefficient (Wildman–Crippen LogP) is 2.85. The maximum absolute atomic E-state index is 12.9. The van der Waals surface area contributed by atoms with Crippen molar-refractivity contribution in [2.45, 2.75) is 30.5 Å². The number of nitro groups is 1. The van der Waals surface area contributed by atoms with E-state index in [0.717, 1.165) is 0 Å².